The van der Waals surface area contributed by atoms with E-state index in [1.54, 1.807) is 0 Å². The van der Waals surface area contributed by atoms with Crippen LogP contribution in [0.3, 0.4) is 0 Å². The molecule has 1 fully saturated rings. The van der Waals surface area contributed by atoms with Crippen LogP contribution < -0.4 is 3.30 Å². The summed E-state index contributed by atoms with van der Waals surface area (Å²) in [6.07, 6.45) is 14.3. The van der Waals surface area contributed by atoms with Gasteiger partial charge in [-0.05, 0) is 0 Å². The Balaban J connectivity index is 0. The van der Waals surface area contributed by atoms with E-state index in [-0.39, 0.29) is 24.8 Å². The van der Waals surface area contributed by atoms with Crippen molar-refractivity contribution in [2.75, 3.05) is 0 Å². The number of hydrogen-bond acceptors (Lipinski definition) is 1. The fourth-order valence-electron chi connectivity index (χ4n) is 2.53. The topological polar surface area (TPSA) is 29.1 Å². The van der Waals surface area contributed by atoms with Crippen molar-refractivity contribution in [2.45, 2.75) is 70.6 Å². The number of amides is 1. The van der Waals surface area contributed by atoms with Crippen molar-refractivity contribution in [2.24, 2.45) is 5.92 Å². The molecule has 0 bridgehead atoms. The van der Waals surface area contributed by atoms with Crippen molar-refractivity contribution in [3.05, 3.63) is 0 Å². The third kappa shape index (κ3) is 9.80. The average molecular weight is 462 g/mol. The van der Waals surface area contributed by atoms with Crippen LogP contribution in [0.25, 0.3) is 0 Å². The summed E-state index contributed by atoms with van der Waals surface area (Å²) in [5.74, 6) is 0.639. The van der Waals surface area contributed by atoms with E-state index >= 15 is 0 Å². The minimum absolute atomic E-state index is 0. The zero-order valence-corrected chi connectivity index (χ0v) is 16.3. The van der Waals surface area contributed by atoms with Crippen LogP contribution in [0.15, 0.2) is 0 Å². The van der Waals surface area contributed by atoms with Gasteiger partial charge in [0.15, 0.2) is 0 Å². The molecule has 0 aromatic carbocycles. The molecule has 0 unspecified atom stereocenters. The molecule has 0 atom stereocenters. The van der Waals surface area contributed by atoms with Crippen LogP contribution in [0.5, 0.6) is 0 Å². The second-order valence-electron chi connectivity index (χ2n) is 4.95. The molecule has 0 aromatic rings. The summed E-state index contributed by atoms with van der Waals surface area (Å²) in [6.45, 7) is 0. The Morgan fingerprint density at radius 1 is 0.778 bits per heavy atom. The summed E-state index contributed by atoms with van der Waals surface area (Å²) in [5, 5.41) is 0. The standard InChI is InChI=1S/C13H25NO.2ClH.Hf/c14-13(15)12-10-8-6-4-2-1-3-5-7-9-11-12;;;/h12H,1-11H2,(H2,14,15);2*1H;/q;;;+1/p-1. The first kappa shape index (κ1) is 21.2. The molecule has 0 heterocycles. The van der Waals surface area contributed by atoms with Gasteiger partial charge in [-0.2, -0.15) is 0 Å². The van der Waals surface area contributed by atoms with Crippen molar-refractivity contribution in [1.29, 1.82) is 0 Å². The van der Waals surface area contributed by atoms with Gasteiger partial charge in [-0.1, -0.05) is 0 Å². The summed E-state index contributed by atoms with van der Waals surface area (Å²) in [6, 6.07) is 0. The first-order chi connectivity index (χ1) is 7.84. The molecular weight excluding hydrogens is 436 g/mol. The minimum atomic E-state index is 0. The van der Waals surface area contributed by atoms with Crippen molar-refractivity contribution in [1.82, 2.24) is 3.30 Å². The monoisotopic (exact) mass is 462 g/mol. The number of nitrogens with one attached hydrogen (secondary N) is 1. The second-order valence-corrected chi connectivity index (χ2v) is 5.84. The molecule has 0 aromatic heterocycles. The van der Waals surface area contributed by atoms with Crippen LogP contribution in [0.4, 0.5) is 0 Å². The van der Waals surface area contributed by atoms with Crippen molar-refractivity contribution < 1.29 is 29.5 Å². The Kier molecular flexibility index (Phi) is 16.9. The summed E-state index contributed by atoms with van der Waals surface area (Å²) in [5.41, 5.74) is 0. The fourth-order valence-corrected chi connectivity index (χ4v) is 3.26. The Morgan fingerprint density at radius 3 is 1.44 bits per heavy atom. The normalized spacial score (nSPS) is 19.3. The van der Waals surface area contributed by atoms with Gasteiger partial charge in [0, 0.05) is 0 Å². The van der Waals surface area contributed by atoms with E-state index in [1.165, 1.54) is 57.8 Å². The molecule has 0 spiro atoms. The number of carbonyl (C=O) groups is 1. The van der Waals surface area contributed by atoms with E-state index in [1.807, 2.05) is 0 Å². The quantitative estimate of drug-likeness (QED) is 0.579. The van der Waals surface area contributed by atoms with E-state index < -0.39 is 0 Å². The van der Waals surface area contributed by atoms with Gasteiger partial charge in [0.25, 0.3) is 0 Å². The summed E-state index contributed by atoms with van der Waals surface area (Å²) >= 11 is 0.802. The van der Waals surface area contributed by atoms with Crippen LogP contribution in [0, 0.1) is 5.92 Å². The van der Waals surface area contributed by atoms with E-state index in [0.29, 0.717) is 11.8 Å². The van der Waals surface area contributed by atoms with Crippen LogP contribution in [-0.4, -0.2) is 5.91 Å². The predicted octanol–water partition coefficient (Wildman–Crippen LogP) is 4.33. The van der Waals surface area contributed by atoms with E-state index in [0.717, 1.165) is 37.5 Å². The molecule has 5 heteroatoms. The van der Waals surface area contributed by atoms with Gasteiger partial charge in [0.1, 0.15) is 0 Å². The third-order valence-corrected chi connectivity index (χ3v) is 4.48. The number of hydrogen-bond donors (Lipinski definition) is 1. The molecule has 2 nitrogen and oxygen atoms in total. The average Bonchev–Trinajstić information content (AvgIpc) is 2.29. The maximum atomic E-state index is 11.7. The molecule has 1 saturated carbocycles. The van der Waals surface area contributed by atoms with Crippen LogP contribution in [0.1, 0.15) is 70.6 Å². The van der Waals surface area contributed by atoms with Crippen molar-refractivity contribution >= 4 is 30.7 Å². The fraction of sp³-hybridized carbons (Fsp3) is 0.923. The molecular formula is C13H26Cl2HfNO. The van der Waals surface area contributed by atoms with E-state index in [2.05, 4.69) is 3.30 Å². The van der Waals surface area contributed by atoms with Crippen molar-refractivity contribution in [3.8, 4) is 0 Å². The van der Waals surface area contributed by atoms with Gasteiger partial charge in [-0.25, -0.2) is 0 Å². The Labute approximate surface area is 139 Å². The first-order valence-electron chi connectivity index (χ1n) is 6.81. The molecule has 0 saturated heterocycles. The molecule has 0 aliphatic heterocycles. The summed E-state index contributed by atoms with van der Waals surface area (Å²) in [7, 11) is 0. The van der Waals surface area contributed by atoms with Crippen LogP contribution >= 0.6 is 24.8 Å². The maximum absolute atomic E-state index is 11.7. The zero-order valence-electron chi connectivity index (χ0n) is 11.1. The molecule has 18 heavy (non-hydrogen) atoms. The van der Waals surface area contributed by atoms with Gasteiger partial charge in [0.05, 0.1) is 0 Å². The number of halogens is 2. The Hall–Kier alpha value is 0.920. The molecule has 1 aliphatic carbocycles. The van der Waals surface area contributed by atoms with Crippen LogP contribution in [-0.2, 0) is 29.5 Å². The van der Waals surface area contributed by atoms with Gasteiger partial charge >= 0.3 is 115 Å². The molecule has 1 aliphatic rings. The molecule has 0 radical (unpaired) electrons. The third-order valence-electron chi connectivity index (χ3n) is 3.60. The van der Waals surface area contributed by atoms with Crippen LogP contribution in [0.2, 0.25) is 0 Å². The Morgan fingerprint density at radius 2 is 1.11 bits per heavy atom. The van der Waals surface area contributed by atoms with Gasteiger partial charge in [-0.3, -0.25) is 0 Å². The summed E-state index contributed by atoms with van der Waals surface area (Å²) < 4.78 is 2.95. The van der Waals surface area contributed by atoms with Gasteiger partial charge in [-0.15, -0.1) is 24.8 Å². The van der Waals surface area contributed by atoms with E-state index in [4.69, 9.17) is 0 Å². The van der Waals surface area contributed by atoms with Crippen molar-refractivity contribution in [3.63, 3.8) is 0 Å². The molecule has 107 valence electrons. The number of rotatable bonds is 1. The predicted molar refractivity (Wildman–Crippen MR) is 76.9 cm³/mol. The van der Waals surface area contributed by atoms with Gasteiger partial charge in [0.2, 0.25) is 0 Å². The Bertz CT molecular complexity index is 193. The van der Waals surface area contributed by atoms with Gasteiger partial charge < -0.3 is 0 Å². The second kappa shape index (κ2) is 14.3. The SMILES string of the molecule is Cl.Cl.O=C([NH][Hf])C1CCCCCCCCCCC1. The first-order valence-corrected chi connectivity index (χ1v) is 8.61. The molecule has 1 amide bonds. The molecule has 1 N–H and O–H groups in total. The zero-order chi connectivity index (χ0) is 11.6. The molecule has 1 rings (SSSR count). The van der Waals surface area contributed by atoms with E-state index in [9.17, 15) is 4.79 Å². The number of carbonyl (C=O) groups excluding carboxylic acids is 1. The summed E-state index contributed by atoms with van der Waals surface area (Å²) in [4.78, 5) is 11.7.